The minimum Gasteiger partial charge on any atom is -0.359 e. The highest BCUT2D eigenvalue weighted by Crippen LogP contribution is 2.37. The van der Waals surface area contributed by atoms with Crippen molar-refractivity contribution in [1.82, 2.24) is 4.98 Å². The summed E-state index contributed by atoms with van der Waals surface area (Å²) in [6.07, 6.45) is 3.07. The molecule has 0 saturated carbocycles. The van der Waals surface area contributed by atoms with Gasteiger partial charge in [-0.05, 0) is 54.8 Å². The third kappa shape index (κ3) is 3.66. The number of hydrogen-bond donors (Lipinski definition) is 1. The molecule has 1 N–H and O–H groups in total. The summed E-state index contributed by atoms with van der Waals surface area (Å²) in [5, 5.41) is 2.75. The molecule has 0 aliphatic carbocycles. The molecule has 2 aliphatic rings. The van der Waals surface area contributed by atoms with Crippen LogP contribution in [0.3, 0.4) is 0 Å². The maximum Gasteiger partial charge on any atom is 0.263 e. The molecule has 3 heterocycles. The highest BCUT2D eigenvalue weighted by molar-refractivity contribution is 7.93. The highest BCUT2D eigenvalue weighted by Gasteiger charge is 2.39. The van der Waals surface area contributed by atoms with Gasteiger partial charge in [0.15, 0.2) is 5.13 Å². The molecule has 1 atom stereocenters. The van der Waals surface area contributed by atoms with Crippen molar-refractivity contribution < 1.29 is 13.2 Å². The van der Waals surface area contributed by atoms with Crippen LogP contribution in [0.15, 0.2) is 58.9 Å². The average Bonchev–Trinajstić information content (AvgIpc) is 3.48. The van der Waals surface area contributed by atoms with E-state index >= 15 is 0 Å². The number of aromatic nitrogens is 1. The predicted molar refractivity (Wildman–Crippen MR) is 123 cm³/mol. The summed E-state index contributed by atoms with van der Waals surface area (Å²) in [6.45, 7) is 1.35. The number of nitrogens with one attached hydrogen (secondary N) is 1. The van der Waals surface area contributed by atoms with Gasteiger partial charge in [0.25, 0.3) is 10.0 Å². The Hall–Kier alpha value is -2.62. The summed E-state index contributed by atoms with van der Waals surface area (Å²) >= 11 is 7.53. The number of nitrogens with zero attached hydrogens (tertiary/aromatic N) is 3. The summed E-state index contributed by atoms with van der Waals surface area (Å²) in [4.78, 5) is 21.1. The predicted octanol–water partition coefficient (Wildman–Crippen LogP) is 3.77. The molecule has 2 aliphatic heterocycles. The molecule has 31 heavy (non-hydrogen) atoms. The van der Waals surface area contributed by atoms with Gasteiger partial charge in [0.1, 0.15) is 6.04 Å². The molecule has 1 aromatic heterocycles. The van der Waals surface area contributed by atoms with E-state index in [1.54, 1.807) is 22.4 Å². The van der Waals surface area contributed by atoms with E-state index in [1.807, 2.05) is 18.2 Å². The van der Waals surface area contributed by atoms with E-state index in [-0.39, 0.29) is 16.8 Å². The third-order valence-electron chi connectivity index (χ3n) is 5.67. The van der Waals surface area contributed by atoms with E-state index in [9.17, 15) is 13.2 Å². The van der Waals surface area contributed by atoms with Gasteiger partial charge in [-0.25, -0.2) is 13.4 Å². The number of halogens is 1. The molecule has 0 radical (unpaired) electrons. The molecule has 10 heteroatoms. The molecular formula is C21H19ClN4O3S2. The largest absolute Gasteiger partial charge is 0.359 e. The Kier molecular flexibility index (Phi) is 5.11. The Bertz CT molecular complexity index is 1230. The average molecular weight is 475 g/mol. The van der Waals surface area contributed by atoms with Crippen molar-refractivity contribution in [3.63, 3.8) is 0 Å². The first-order valence-electron chi connectivity index (χ1n) is 9.82. The van der Waals surface area contributed by atoms with Crippen molar-refractivity contribution in [2.24, 2.45) is 0 Å². The number of hydrogen-bond acceptors (Lipinski definition) is 6. The number of fused-ring (bicyclic) bond motifs is 1. The number of rotatable bonds is 5. The minimum absolute atomic E-state index is 0.0179. The van der Waals surface area contributed by atoms with Crippen LogP contribution in [0.4, 0.5) is 16.5 Å². The van der Waals surface area contributed by atoms with Crippen LogP contribution < -0.4 is 14.5 Å². The van der Waals surface area contributed by atoms with Gasteiger partial charge in [-0.1, -0.05) is 17.7 Å². The Morgan fingerprint density at radius 2 is 1.94 bits per heavy atom. The second kappa shape index (κ2) is 7.81. The molecule has 1 amide bonds. The van der Waals surface area contributed by atoms with Crippen LogP contribution in [-0.4, -0.2) is 38.4 Å². The maximum absolute atomic E-state index is 13.2. The molecule has 5 rings (SSSR count). The lowest BCUT2D eigenvalue weighted by atomic mass is 10.1. The van der Waals surface area contributed by atoms with E-state index in [0.29, 0.717) is 23.8 Å². The molecule has 3 aromatic rings. The fourth-order valence-electron chi connectivity index (χ4n) is 4.20. The quantitative estimate of drug-likeness (QED) is 0.608. The van der Waals surface area contributed by atoms with Gasteiger partial charge in [0, 0.05) is 41.1 Å². The Balaban J connectivity index is 1.33. The van der Waals surface area contributed by atoms with Crippen LogP contribution in [0.2, 0.25) is 5.02 Å². The number of anilines is 3. The van der Waals surface area contributed by atoms with Gasteiger partial charge in [-0.15, -0.1) is 11.3 Å². The van der Waals surface area contributed by atoms with Gasteiger partial charge < -0.3 is 9.80 Å². The zero-order chi connectivity index (χ0) is 21.6. The van der Waals surface area contributed by atoms with Crippen LogP contribution in [0.5, 0.6) is 0 Å². The van der Waals surface area contributed by atoms with Crippen LogP contribution >= 0.6 is 22.9 Å². The normalized spacial score (nSPS) is 18.5. The van der Waals surface area contributed by atoms with Crippen molar-refractivity contribution in [2.75, 3.05) is 27.6 Å². The van der Waals surface area contributed by atoms with Crippen LogP contribution in [0.1, 0.15) is 12.0 Å². The Morgan fingerprint density at radius 1 is 1.13 bits per heavy atom. The van der Waals surface area contributed by atoms with E-state index in [0.717, 1.165) is 29.2 Å². The van der Waals surface area contributed by atoms with Gasteiger partial charge >= 0.3 is 0 Å². The smallest absolute Gasteiger partial charge is 0.263 e. The van der Waals surface area contributed by atoms with Crippen molar-refractivity contribution in [3.8, 4) is 0 Å². The standard InChI is InChI=1S/C21H19ClN4O3S2/c22-17-2-1-3-18-16(17)8-11-26(18)19-9-12-25(20(19)27)14-4-6-15(7-5-14)31(28,29)24-21-23-10-13-30-21/h1-7,10,13,19H,8-9,11-12H2,(H,23,24). The second-order valence-corrected chi connectivity index (χ2v) is 10.4. The lowest BCUT2D eigenvalue weighted by molar-refractivity contribution is -0.118. The lowest BCUT2D eigenvalue weighted by Gasteiger charge is -2.26. The molecule has 2 aromatic carbocycles. The van der Waals surface area contributed by atoms with E-state index < -0.39 is 10.0 Å². The topological polar surface area (TPSA) is 82.6 Å². The zero-order valence-corrected chi connectivity index (χ0v) is 18.8. The van der Waals surface area contributed by atoms with Crippen LogP contribution in [-0.2, 0) is 21.2 Å². The molecule has 1 saturated heterocycles. The molecule has 1 fully saturated rings. The Morgan fingerprint density at radius 3 is 2.68 bits per heavy atom. The summed E-state index contributed by atoms with van der Waals surface area (Å²) in [7, 11) is -3.72. The molecule has 0 spiro atoms. The first kappa shape index (κ1) is 20.3. The highest BCUT2D eigenvalue weighted by atomic mass is 35.5. The maximum atomic E-state index is 13.2. The first-order chi connectivity index (χ1) is 14.9. The Labute approximate surface area is 189 Å². The zero-order valence-electron chi connectivity index (χ0n) is 16.4. The van der Waals surface area contributed by atoms with Crippen LogP contribution in [0.25, 0.3) is 0 Å². The fourth-order valence-corrected chi connectivity index (χ4v) is 6.26. The molecule has 7 nitrogen and oxygen atoms in total. The fraction of sp³-hybridized carbons (Fsp3) is 0.238. The van der Waals surface area contributed by atoms with Gasteiger partial charge in [0.05, 0.1) is 4.90 Å². The van der Waals surface area contributed by atoms with Gasteiger partial charge in [-0.3, -0.25) is 9.52 Å². The first-order valence-corrected chi connectivity index (χ1v) is 12.6. The minimum atomic E-state index is -3.72. The molecule has 0 bridgehead atoms. The van der Waals surface area contributed by atoms with Gasteiger partial charge in [-0.2, -0.15) is 0 Å². The summed E-state index contributed by atoms with van der Waals surface area (Å²) in [5.74, 6) is 0.0179. The number of benzene rings is 2. The summed E-state index contributed by atoms with van der Waals surface area (Å²) < 4.78 is 27.5. The molecule has 1 unspecified atom stereocenters. The van der Waals surface area contributed by atoms with Gasteiger partial charge in [0.2, 0.25) is 5.91 Å². The summed E-state index contributed by atoms with van der Waals surface area (Å²) in [5.41, 5.74) is 2.81. The summed E-state index contributed by atoms with van der Waals surface area (Å²) in [6, 6.07) is 11.9. The van der Waals surface area contributed by atoms with Crippen molar-refractivity contribution >= 4 is 55.4 Å². The van der Waals surface area contributed by atoms with E-state index in [4.69, 9.17) is 11.6 Å². The van der Waals surface area contributed by atoms with Crippen molar-refractivity contribution in [3.05, 3.63) is 64.6 Å². The van der Waals surface area contributed by atoms with E-state index in [2.05, 4.69) is 14.6 Å². The number of carbonyl (C=O) groups is 1. The number of sulfonamides is 1. The van der Waals surface area contributed by atoms with Crippen molar-refractivity contribution in [2.45, 2.75) is 23.8 Å². The molecule has 160 valence electrons. The third-order valence-corrected chi connectivity index (χ3v) is 8.20. The lowest BCUT2D eigenvalue weighted by Crippen LogP contribution is -2.41. The molecular weight excluding hydrogens is 456 g/mol. The monoisotopic (exact) mass is 474 g/mol. The number of thiazole rings is 1. The second-order valence-electron chi connectivity index (χ2n) is 7.41. The number of amides is 1. The van der Waals surface area contributed by atoms with Crippen LogP contribution in [0, 0.1) is 0 Å². The number of carbonyl (C=O) groups excluding carboxylic acids is 1. The van der Waals surface area contributed by atoms with E-state index in [1.165, 1.54) is 29.7 Å². The SMILES string of the molecule is O=C1C(N2CCc3c(Cl)cccc32)CCN1c1ccc(S(=O)(=O)Nc2nccs2)cc1. The van der Waals surface area contributed by atoms with Crippen molar-refractivity contribution in [1.29, 1.82) is 0 Å².